The minimum atomic E-state index is 0.0678. The van der Waals surface area contributed by atoms with Crippen LogP contribution in [0.4, 0.5) is 5.69 Å². The van der Waals surface area contributed by atoms with Crippen LogP contribution in [0.25, 0.3) is 16.8 Å². The zero-order valence-electron chi connectivity index (χ0n) is 18.0. The monoisotopic (exact) mass is 418 g/mol. The molecule has 3 aromatic rings. The summed E-state index contributed by atoms with van der Waals surface area (Å²) in [5, 5.41) is 18.9. The van der Waals surface area contributed by atoms with Crippen LogP contribution >= 0.6 is 0 Å². The van der Waals surface area contributed by atoms with Crippen molar-refractivity contribution >= 4 is 11.4 Å². The van der Waals surface area contributed by atoms with E-state index in [-0.39, 0.29) is 12.6 Å². The van der Waals surface area contributed by atoms with Gasteiger partial charge in [-0.2, -0.15) is 5.10 Å². The first-order valence-corrected chi connectivity index (χ1v) is 10.5. The number of nitrogens with two attached hydrogens (primary N) is 2. The van der Waals surface area contributed by atoms with Gasteiger partial charge in [0.1, 0.15) is 0 Å². The van der Waals surface area contributed by atoms with E-state index in [2.05, 4.69) is 40.7 Å². The number of hydrogen-bond acceptors (Lipinski definition) is 6. The van der Waals surface area contributed by atoms with Gasteiger partial charge in [-0.05, 0) is 54.7 Å². The third-order valence-corrected chi connectivity index (χ3v) is 5.74. The van der Waals surface area contributed by atoms with E-state index < -0.39 is 0 Å². The lowest BCUT2D eigenvalue weighted by molar-refractivity contribution is 0.299. The highest BCUT2D eigenvalue weighted by Gasteiger charge is 2.26. The molecular weight excluding hydrogens is 388 g/mol. The quantitative estimate of drug-likeness (QED) is 0.475. The number of anilines is 1. The first kappa shape index (κ1) is 21.0. The van der Waals surface area contributed by atoms with E-state index in [0.29, 0.717) is 18.7 Å². The van der Waals surface area contributed by atoms with Crippen molar-refractivity contribution < 1.29 is 5.11 Å². The smallest absolute Gasteiger partial charge is 0.0777 e. The lowest BCUT2D eigenvalue weighted by Gasteiger charge is -2.22. The normalized spacial score (nSPS) is 17.8. The van der Waals surface area contributed by atoms with E-state index in [4.69, 9.17) is 16.7 Å². The van der Waals surface area contributed by atoms with Gasteiger partial charge in [0.15, 0.2) is 0 Å². The second-order valence-electron chi connectivity index (χ2n) is 8.09. The van der Waals surface area contributed by atoms with Crippen molar-refractivity contribution in [2.75, 3.05) is 18.5 Å². The average Bonchev–Trinajstić information content (AvgIpc) is 3.13. The number of rotatable bonds is 5. The molecule has 0 fully saturated rings. The second-order valence-corrected chi connectivity index (χ2v) is 8.09. The topological polar surface area (TPSA) is 105 Å². The zero-order chi connectivity index (χ0) is 22.0. The van der Waals surface area contributed by atoms with Gasteiger partial charge in [0.25, 0.3) is 0 Å². The Morgan fingerprint density at radius 2 is 1.97 bits per heavy atom. The largest absolute Gasteiger partial charge is 0.401 e. The van der Waals surface area contributed by atoms with Gasteiger partial charge in [0.2, 0.25) is 0 Å². The van der Waals surface area contributed by atoms with Gasteiger partial charge in [0, 0.05) is 48.9 Å². The van der Waals surface area contributed by atoms with Gasteiger partial charge in [-0.15, -0.1) is 0 Å². The summed E-state index contributed by atoms with van der Waals surface area (Å²) in [5.41, 5.74) is 14.3. The molecule has 162 valence electrons. The summed E-state index contributed by atoms with van der Waals surface area (Å²) < 4.78 is 1.81. The van der Waals surface area contributed by atoms with Crippen molar-refractivity contribution in [2.24, 2.45) is 18.6 Å². The van der Waals surface area contributed by atoms with Crippen molar-refractivity contribution in [3.63, 3.8) is 0 Å². The number of hydrogen-bond donors (Lipinski definition) is 4. The van der Waals surface area contributed by atoms with E-state index in [1.54, 1.807) is 5.01 Å². The van der Waals surface area contributed by atoms with Crippen LogP contribution in [0.2, 0.25) is 0 Å². The highest BCUT2D eigenvalue weighted by atomic mass is 16.2. The molecule has 31 heavy (non-hydrogen) atoms. The molecule has 1 atom stereocenters. The summed E-state index contributed by atoms with van der Waals surface area (Å²) in [4.78, 5) is 0. The molecule has 1 aliphatic heterocycles. The van der Waals surface area contributed by atoms with Gasteiger partial charge in [-0.1, -0.05) is 24.3 Å². The van der Waals surface area contributed by atoms with Gasteiger partial charge < -0.3 is 21.2 Å². The molecule has 4 rings (SSSR count). The molecule has 0 radical (unpaired) electrons. The molecule has 0 saturated carbocycles. The number of nitrogens with one attached hydrogen (secondary N) is 1. The lowest BCUT2D eigenvalue weighted by Crippen LogP contribution is -2.31. The van der Waals surface area contributed by atoms with Crippen LogP contribution in [0.15, 0.2) is 60.6 Å². The number of aryl methyl sites for hydroxylation is 1. The molecule has 1 unspecified atom stereocenters. The average molecular weight is 419 g/mol. The molecule has 2 heterocycles. The van der Waals surface area contributed by atoms with Crippen LogP contribution in [0, 0.1) is 0 Å². The van der Waals surface area contributed by atoms with Crippen molar-refractivity contribution in [3.05, 3.63) is 77.2 Å². The number of allylic oxidation sites excluding steroid dienone is 1. The van der Waals surface area contributed by atoms with Gasteiger partial charge in [-0.25, -0.2) is 5.84 Å². The summed E-state index contributed by atoms with van der Waals surface area (Å²) >= 11 is 0. The maximum atomic E-state index is 9.15. The van der Waals surface area contributed by atoms with E-state index >= 15 is 0 Å². The third kappa shape index (κ3) is 4.42. The van der Waals surface area contributed by atoms with Crippen molar-refractivity contribution in [1.82, 2.24) is 14.8 Å². The zero-order valence-corrected chi connectivity index (χ0v) is 18.0. The molecular formula is C24H30N6O. The Bertz CT molecular complexity index is 1080. The first-order chi connectivity index (χ1) is 15.0. The van der Waals surface area contributed by atoms with Crippen molar-refractivity contribution in [1.29, 1.82) is 0 Å². The van der Waals surface area contributed by atoms with Crippen LogP contribution in [0.1, 0.15) is 36.1 Å². The van der Waals surface area contributed by atoms with E-state index in [9.17, 15) is 0 Å². The Labute approximate surface area is 182 Å². The Balaban J connectivity index is 1.75. The maximum Gasteiger partial charge on any atom is 0.0777 e. The number of hydrazine groups is 1. The Hall–Kier alpha value is -3.29. The fourth-order valence-corrected chi connectivity index (χ4v) is 4.19. The number of aromatic nitrogens is 2. The minimum absolute atomic E-state index is 0.0678. The molecule has 6 N–H and O–H groups in total. The van der Waals surface area contributed by atoms with Crippen LogP contribution in [-0.2, 0) is 13.5 Å². The predicted molar refractivity (Wildman–Crippen MR) is 125 cm³/mol. The van der Waals surface area contributed by atoms with Crippen LogP contribution in [-0.4, -0.2) is 33.0 Å². The lowest BCUT2D eigenvalue weighted by atomic mass is 9.93. The number of benzene rings is 2. The molecule has 0 aliphatic carbocycles. The number of aliphatic hydroxyl groups excluding tert-OH is 1. The third-order valence-electron chi connectivity index (χ3n) is 5.74. The second kappa shape index (κ2) is 8.83. The fourth-order valence-electron chi connectivity index (χ4n) is 4.19. The summed E-state index contributed by atoms with van der Waals surface area (Å²) in [6.45, 7) is 2.72. The Kier molecular flexibility index (Phi) is 5.97. The number of nitrogens with zero attached hydrogens (tertiary/aromatic N) is 3. The molecule has 7 heteroatoms. The van der Waals surface area contributed by atoms with Crippen LogP contribution in [0.5, 0.6) is 0 Å². The molecule has 0 saturated heterocycles. The molecule has 1 aromatic heterocycles. The maximum absolute atomic E-state index is 9.15. The summed E-state index contributed by atoms with van der Waals surface area (Å²) in [6.07, 6.45) is 5.38. The summed E-state index contributed by atoms with van der Waals surface area (Å²) in [7, 11) is 1.92. The predicted octanol–water partition coefficient (Wildman–Crippen LogP) is 3.00. The summed E-state index contributed by atoms with van der Waals surface area (Å²) in [6, 6.07) is 14.7. The van der Waals surface area contributed by atoms with Gasteiger partial charge in [0.05, 0.1) is 17.9 Å². The molecule has 0 spiro atoms. The standard InChI is InChI=1S/C24H30N6O/c1-16(25)24-21-8-5-18(19-14-27-29(2)15-19)13-22(21)23(9-11-30(24)26)28-20-6-3-17(4-7-20)10-12-31/h3-8,13-15,23,28,31H,9-12,25-26H2,1-2H3/b24-16-. The molecule has 2 aromatic carbocycles. The minimum Gasteiger partial charge on any atom is -0.401 e. The Morgan fingerprint density at radius 3 is 2.61 bits per heavy atom. The van der Waals surface area contributed by atoms with E-state index in [1.165, 1.54) is 0 Å². The SMILES string of the molecule is C/C(N)=C1\c2ccc(-c3cnn(C)c3)cc2C(Nc2ccc(CCO)cc2)CCN1N. The van der Waals surface area contributed by atoms with Gasteiger partial charge in [-0.3, -0.25) is 4.68 Å². The Morgan fingerprint density at radius 1 is 1.19 bits per heavy atom. The number of fused-ring (bicyclic) bond motifs is 1. The highest BCUT2D eigenvalue weighted by molar-refractivity contribution is 5.74. The molecule has 7 nitrogen and oxygen atoms in total. The van der Waals surface area contributed by atoms with Gasteiger partial charge >= 0.3 is 0 Å². The van der Waals surface area contributed by atoms with E-state index in [1.807, 2.05) is 43.2 Å². The molecule has 1 aliphatic rings. The van der Waals surface area contributed by atoms with E-state index in [0.717, 1.165) is 45.6 Å². The number of aliphatic hydroxyl groups is 1. The summed E-state index contributed by atoms with van der Waals surface area (Å²) in [5.74, 6) is 6.39. The molecule has 0 bridgehead atoms. The van der Waals surface area contributed by atoms with Crippen LogP contribution in [0.3, 0.4) is 0 Å². The van der Waals surface area contributed by atoms with Crippen LogP contribution < -0.4 is 16.9 Å². The fraction of sp³-hybridized carbons (Fsp3) is 0.292. The van der Waals surface area contributed by atoms with Crippen molar-refractivity contribution in [2.45, 2.75) is 25.8 Å². The van der Waals surface area contributed by atoms with Crippen molar-refractivity contribution in [3.8, 4) is 11.1 Å². The molecule has 0 amide bonds. The highest BCUT2D eigenvalue weighted by Crippen LogP contribution is 2.37. The first-order valence-electron chi connectivity index (χ1n) is 10.5.